The summed E-state index contributed by atoms with van der Waals surface area (Å²) in [6.45, 7) is 4.49. The molecule has 0 bridgehead atoms. The Morgan fingerprint density at radius 1 is 1.30 bits per heavy atom. The summed E-state index contributed by atoms with van der Waals surface area (Å²) in [4.78, 5) is 30.8. The van der Waals surface area contributed by atoms with E-state index in [-0.39, 0.29) is 12.1 Å². The minimum atomic E-state index is -0.421. The van der Waals surface area contributed by atoms with Crippen molar-refractivity contribution in [1.82, 2.24) is 15.0 Å². The van der Waals surface area contributed by atoms with E-state index < -0.39 is 5.91 Å². The zero-order valence-corrected chi connectivity index (χ0v) is 18.0. The van der Waals surface area contributed by atoms with Gasteiger partial charge in [-0.15, -0.1) is 11.3 Å². The van der Waals surface area contributed by atoms with Crippen molar-refractivity contribution >= 4 is 33.7 Å². The number of methoxy groups -OCH3 is 1. The van der Waals surface area contributed by atoms with Gasteiger partial charge in [-0.1, -0.05) is 13.8 Å². The molecule has 0 aliphatic heterocycles. The molecule has 1 N–H and O–H groups in total. The number of hydrogen-bond donors (Lipinski definition) is 1. The fraction of sp³-hybridized carbons (Fsp3) is 0.333. The van der Waals surface area contributed by atoms with E-state index in [1.54, 1.807) is 19.2 Å². The average molecular weight is 429 g/mol. The number of carbonyl (C=O) groups is 1. The predicted molar refractivity (Wildman–Crippen MR) is 118 cm³/mol. The molecule has 3 rings (SSSR count). The Morgan fingerprint density at radius 2 is 2.13 bits per heavy atom. The lowest BCUT2D eigenvalue weighted by Gasteiger charge is -2.10. The van der Waals surface area contributed by atoms with Gasteiger partial charge in [0.2, 0.25) is 0 Å². The molecule has 2 heterocycles. The smallest absolute Gasteiger partial charge is 0.262 e. The molecule has 0 saturated carbocycles. The first-order valence-corrected chi connectivity index (χ1v) is 10.5. The SMILES string of the molecule is CCCOc1ccc(C=NNC(=O)Cn2cnc3sc(CC)cc3c2=O)cc1OC. The summed E-state index contributed by atoms with van der Waals surface area (Å²) in [7, 11) is 1.57. The number of hydrogen-bond acceptors (Lipinski definition) is 7. The summed E-state index contributed by atoms with van der Waals surface area (Å²) in [6, 6.07) is 7.21. The second-order valence-corrected chi connectivity index (χ2v) is 7.63. The number of hydrazone groups is 1. The quantitative estimate of drug-likeness (QED) is 0.418. The fourth-order valence-electron chi connectivity index (χ4n) is 2.76. The van der Waals surface area contributed by atoms with Crippen LogP contribution in [0.5, 0.6) is 11.5 Å². The van der Waals surface area contributed by atoms with Gasteiger partial charge in [0.1, 0.15) is 11.4 Å². The molecule has 1 aromatic carbocycles. The second kappa shape index (κ2) is 10.0. The maximum atomic E-state index is 12.6. The van der Waals surface area contributed by atoms with Crippen LogP contribution >= 0.6 is 11.3 Å². The fourth-order valence-corrected chi connectivity index (χ4v) is 3.69. The molecular weight excluding hydrogens is 404 g/mol. The molecule has 0 unspecified atom stereocenters. The van der Waals surface area contributed by atoms with E-state index in [2.05, 4.69) is 15.5 Å². The molecule has 158 valence electrons. The van der Waals surface area contributed by atoms with Gasteiger partial charge in [-0.25, -0.2) is 10.4 Å². The van der Waals surface area contributed by atoms with Gasteiger partial charge in [0.05, 0.1) is 31.6 Å². The van der Waals surface area contributed by atoms with Gasteiger partial charge in [0.15, 0.2) is 11.5 Å². The number of ether oxygens (including phenoxy) is 2. The topological polar surface area (TPSA) is 94.8 Å². The number of rotatable bonds is 9. The monoisotopic (exact) mass is 428 g/mol. The van der Waals surface area contributed by atoms with Gasteiger partial charge in [-0.3, -0.25) is 14.2 Å². The Balaban J connectivity index is 1.64. The molecule has 0 fully saturated rings. The molecule has 0 saturated heterocycles. The van der Waals surface area contributed by atoms with Crippen LogP contribution in [0.4, 0.5) is 0 Å². The lowest BCUT2D eigenvalue weighted by Crippen LogP contribution is -2.29. The molecule has 0 aliphatic rings. The highest BCUT2D eigenvalue weighted by Gasteiger charge is 2.10. The molecular formula is C21H24N4O4S. The Hall–Kier alpha value is -3.20. The van der Waals surface area contributed by atoms with Crippen LogP contribution in [0.25, 0.3) is 10.2 Å². The Morgan fingerprint density at radius 3 is 2.87 bits per heavy atom. The van der Waals surface area contributed by atoms with E-state index in [4.69, 9.17) is 9.47 Å². The number of fused-ring (bicyclic) bond motifs is 1. The van der Waals surface area contributed by atoms with E-state index in [1.165, 1.54) is 28.4 Å². The molecule has 0 atom stereocenters. The normalized spacial score (nSPS) is 11.2. The van der Waals surface area contributed by atoms with Crippen LogP contribution in [-0.4, -0.2) is 35.4 Å². The summed E-state index contributed by atoms with van der Waals surface area (Å²) in [5, 5.41) is 4.49. The van der Waals surface area contributed by atoms with E-state index >= 15 is 0 Å². The zero-order valence-electron chi connectivity index (χ0n) is 17.2. The van der Waals surface area contributed by atoms with Gasteiger partial charge in [0.25, 0.3) is 11.5 Å². The lowest BCUT2D eigenvalue weighted by atomic mass is 10.2. The van der Waals surface area contributed by atoms with E-state index in [9.17, 15) is 9.59 Å². The summed E-state index contributed by atoms with van der Waals surface area (Å²) in [5.41, 5.74) is 2.94. The van der Waals surface area contributed by atoms with Gasteiger partial charge in [-0.05, 0) is 42.7 Å². The highest BCUT2D eigenvalue weighted by Crippen LogP contribution is 2.27. The average Bonchev–Trinajstić information content (AvgIpc) is 3.19. The van der Waals surface area contributed by atoms with Crippen molar-refractivity contribution < 1.29 is 14.3 Å². The first-order valence-electron chi connectivity index (χ1n) is 9.66. The molecule has 0 spiro atoms. The molecule has 8 nitrogen and oxygen atoms in total. The van der Waals surface area contributed by atoms with Crippen LogP contribution in [0, 0.1) is 0 Å². The number of aromatic nitrogens is 2. The minimum Gasteiger partial charge on any atom is -0.493 e. The third kappa shape index (κ3) is 5.04. The lowest BCUT2D eigenvalue weighted by molar-refractivity contribution is -0.121. The maximum absolute atomic E-state index is 12.6. The summed E-state index contributed by atoms with van der Waals surface area (Å²) in [6.07, 6.45) is 4.63. The van der Waals surface area contributed by atoms with Crippen molar-refractivity contribution in [3.8, 4) is 11.5 Å². The molecule has 9 heteroatoms. The summed E-state index contributed by atoms with van der Waals surface area (Å²) in [5.74, 6) is 0.824. The highest BCUT2D eigenvalue weighted by molar-refractivity contribution is 7.18. The molecule has 2 aromatic heterocycles. The summed E-state index contributed by atoms with van der Waals surface area (Å²) >= 11 is 1.49. The van der Waals surface area contributed by atoms with Crippen LogP contribution in [-0.2, 0) is 17.8 Å². The number of amides is 1. The zero-order chi connectivity index (χ0) is 21.5. The van der Waals surface area contributed by atoms with Crippen LogP contribution in [0.1, 0.15) is 30.7 Å². The van der Waals surface area contributed by atoms with Crippen LogP contribution in [0.2, 0.25) is 0 Å². The number of thiophene rings is 1. The molecule has 3 aromatic rings. The Kier molecular flexibility index (Phi) is 7.18. The first kappa shape index (κ1) is 21.5. The van der Waals surface area contributed by atoms with Gasteiger partial charge in [-0.2, -0.15) is 5.10 Å². The molecule has 1 amide bonds. The van der Waals surface area contributed by atoms with Crippen molar-refractivity contribution in [3.05, 3.63) is 51.4 Å². The molecule has 0 radical (unpaired) electrons. The molecule has 30 heavy (non-hydrogen) atoms. The van der Waals surface area contributed by atoms with Crippen LogP contribution < -0.4 is 20.5 Å². The van der Waals surface area contributed by atoms with Crippen molar-refractivity contribution in [2.24, 2.45) is 5.10 Å². The van der Waals surface area contributed by atoms with Crippen LogP contribution in [0.3, 0.4) is 0 Å². The number of benzene rings is 1. The number of nitrogens with zero attached hydrogens (tertiary/aromatic N) is 3. The van der Waals surface area contributed by atoms with Crippen molar-refractivity contribution in [2.75, 3.05) is 13.7 Å². The van der Waals surface area contributed by atoms with Crippen molar-refractivity contribution in [1.29, 1.82) is 0 Å². The highest BCUT2D eigenvalue weighted by atomic mass is 32.1. The first-order chi connectivity index (χ1) is 14.5. The minimum absolute atomic E-state index is 0.163. The third-order valence-electron chi connectivity index (χ3n) is 4.28. The largest absolute Gasteiger partial charge is 0.493 e. The number of aryl methyl sites for hydroxylation is 1. The Bertz CT molecular complexity index is 1120. The number of carbonyl (C=O) groups excluding carboxylic acids is 1. The van der Waals surface area contributed by atoms with E-state index in [0.717, 1.165) is 23.3 Å². The van der Waals surface area contributed by atoms with E-state index in [0.29, 0.717) is 28.3 Å². The van der Waals surface area contributed by atoms with E-state index in [1.807, 2.05) is 26.0 Å². The predicted octanol–water partition coefficient (Wildman–Crippen LogP) is 2.97. The Labute approximate surface area is 178 Å². The molecule has 0 aliphatic carbocycles. The number of nitrogens with one attached hydrogen (secondary N) is 1. The second-order valence-electron chi connectivity index (χ2n) is 6.51. The summed E-state index contributed by atoms with van der Waals surface area (Å²) < 4.78 is 12.2. The van der Waals surface area contributed by atoms with Crippen molar-refractivity contribution in [2.45, 2.75) is 33.2 Å². The van der Waals surface area contributed by atoms with Crippen molar-refractivity contribution in [3.63, 3.8) is 0 Å². The third-order valence-corrected chi connectivity index (χ3v) is 5.47. The maximum Gasteiger partial charge on any atom is 0.262 e. The van der Waals surface area contributed by atoms with Gasteiger partial charge in [0, 0.05) is 4.88 Å². The van der Waals surface area contributed by atoms with Crippen LogP contribution in [0.15, 0.2) is 40.5 Å². The van der Waals surface area contributed by atoms with Gasteiger partial charge >= 0.3 is 0 Å². The van der Waals surface area contributed by atoms with Gasteiger partial charge < -0.3 is 9.47 Å². The standard InChI is InChI=1S/C21H24N4O4S/c1-4-8-29-17-7-6-14(9-18(17)28-3)11-23-24-19(26)12-25-13-22-20-16(21(25)27)10-15(5-2)30-20/h6-7,9-11,13H,4-5,8,12H2,1-3H3,(H,24,26).